The highest BCUT2D eigenvalue weighted by atomic mass is 16.5. The summed E-state index contributed by atoms with van der Waals surface area (Å²) in [6.07, 6.45) is 3.63. The minimum Gasteiger partial charge on any atom is -0.504 e. The number of methoxy groups -OCH3 is 1. The van der Waals surface area contributed by atoms with Crippen LogP contribution in [0.5, 0.6) is 11.5 Å². The average Bonchev–Trinajstić information content (AvgIpc) is 3.20. The summed E-state index contributed by atoms with van der Waals surface area (Å²) in [6.45, 7) is 1.59. The molecule has 40 heavy (non-hydrogen) atoms. The molecule has 1 heterocycles. The van der Waals surface area contributed by atoms with Crippen molar-refractivity contribution in [2.45, 2.75) is 25.7 Å². The maximum absolute atomic E-state index is 14.0. The first kappa shape index (κ1) is 26.0. The number of Topliss-reactive ketones (excluding diaryl/α,β-unsaturated/α-hetero) is 1. The summed E-state index contributed by atoms with van der Waals surface area (Å²) in [5.74, 6) is -3.89. The molecule has 1 saturated heterocycles. The first-order chi connectivity index (χ1) is 19.1. The number of imide groups is 1. The Hall–Kier alpha value is -4.28. The van der Waals surface area contributed by atoms with Gasteiger partial charge in [0.2, 0.25) is 11.8 Å². The minimum atomic E-state index is -1.76. The lowest BCUT2D eigenvalue weighted by molar-refractivity contribution is -0.123. The summed E-state index contributed by atoms with van der Waals surface area (Å²) in [5.41, 5.74) is 2.71. The van der Waals surface area contributed by atoms with Crippen LogP contribution in [0.1, 0.15) is 31.2 Å². The minimum absolute atomic E-state index is 0.121. The van der Waals surface area contributed by atoms with Gasteiger partial charge < -0.3 is 19.9 Å². The molecule has 0 spiro atoms. The molecule has 2 aromatic rings. The number of hydrogen-bond donors (Lipinski definition) is 3. The van der Waals surface area contributed by atoms with Crippen molar-refractivity contribution >= 4 is 41.6 Å². The van der Waals surface area contributed by atoms with E-state index in [1.54, 1.807) is 31.2 Å². The van der Waals surface area contributed by atoms with E-state index in [0.717, 1.165) is 10.5 Å². The van der Waals surface area contributed by atoms with Gasteiger partial charge in [0.15, 0.2) is 23.1 Å². The van der Waals surface area contributed by atoms with E-state index in [1.165, 1.54) is 31.4 Å². The Morgan fingerprint density at radius 2 is 1.77 bits per heavy atom. The molecule has 1 fully saturated rings. The second-order valence-corrected chi connectivity index (χ2v) is 10.6. The van der Waals surface area contributed by atoms with Crippen molar-refractivity contribution in [1.29, 1.82) is 0 Å². The molecule has 0 saturated carbocycles. The third kappa shape index (κ3) is 3.78. The van der Waals surface area contributed by atoms with E-state index in [9.17, 15) is 34.3 Å². The smallest absolute Gasteiger partial charge is 0.488 e. The predicted molar refractivity (Wildman–Crippen MR) is 145 cm³/mol. The molecule has 4 atom stereocenters. The van der Waals surface area contributed by atoms with Crippen LogP contribution in [0, 0.1) is 17.8 Å². The zero-order valence-corrected chi connectivity index (χ0v) is 21.8. The molecule has 6 rings (SSSR count). The molecule has 2 amide bonds. The van der Waals surface area contributed by atoms with Gasteiger partial charge in [0.05, 0.1) is 24.6 Å². The SMILES string of the molecule is COc1ccc([C@H]2C3=CC[C@@H]4C(=O)N(c5cccc(B(O)O)c5)C(=O)[C@@H]4[C@@H]3CC3=C2C(=O)C=C(C)C3=O)cc1O. The summed E-state index contributed by atoms with van der Waals surface area (Å²) in [4.78, 5) is 55.4. The molecule has 3 N–H and O–H groups in total. The largest absolute Gasteiger partial charge is 0.504 e. The number of carbonyl (C=O) groups is 4. The molecule has 10 heteroatoms. The van der Waals surface area contributed by atoms with Crippen LogP contribution in [0.3, 0.4) is 0 Å². The summed E-state index contributed by atoms with van der Waals surface area (Å²) in [6, 6.07) is 10.8. The maximum Gasteiger partial charge on any atom is 0.488 e. The second-order valence-electron chi connectivity index (χ2n) is 10.6. The normalized spacial score (nSPS) is 25.8. The quantitative estimate of drug-likeness (QED) is 0.231. The number of fused-ring (bicyclic) bond motifs is 3. The highest BCUT2D eigenvalue weighted by Gasteiger charge is 2.56. The third-order valence-corrected chi connectivity index (χ3v) is 8.53. The zero-order valence-electron chi connectivity index (χ0n) is 21.8. The number of aromatic hydroxyl groups is 1. The molecule has 3 aliphatic carbocycles. The lowest BCUT2D eigenvalue weighted by Gasteiger charge is -2.42. The molecule has 0 unspecified atom stereocenters. The molecule has 202 valence electrons. The van der Waals surface area contributed by atoms with Gasteiger partial charge in [-0.2, -0.15) is 0 Å². The number of amides is 2. The van der Waals surface area contributed by atoms with Crippen LogP contribution in [0.25, 0.3) is 0 Å². The van der Waals surface area contributed by atoms with E-state index in [1.807, 2.05) is 6.08 Å². The Bertz CT molecular complexity index is 1600. The molecule has 2 aromatic carbocycles. The van der Waals surface area contributed by atoms with E-state index < -0.39 is 42.6 Å². The number of allylic oxidation sites excluding steroid dienone is 6. The van der Waals surface area contributed by atoms with Crippen LogP contribution in [0.4, 0.5) is 5.69 Å². The van der Waals surface area contributed by atoms with Gasteiger partial charge in [-0.1, -0.05) is 29.8 Å². The number of rotatable bonds is 4. The van der Waals surface area contributed by atoms with Crippen LogP contribution in [0.2, 0.25) is 0 Å². The first-order valence-electron chi connectivity index (χ1n) is 13.0. The molecular weight excluding hydrogens is 513 g/mol. The maximum atomic E-state index is 14.0. The number of carbonyl (C=O) groups excluding carboxylic acids is 4. The van der Waals surface area contributed by atoms with Crippen molar-refractivity contribution in [2.75, 3.05) is 12.0 Å². The lowest BCUT2D eigenvalue weighted by Crippen LogP contribution is -2.40. The summed E-state index contributed by atoms with van der Waals surface area (Å²) in [7, 11) is -0.335. The topological polar surface area (TPSA) is 141 Å². The fraction of sp³-hybridized carbons (Fsp3) is 0.267. The van der Waals surface area contributed by atoms with Gasteiger partial charge >= 0.3 is 7.12 Å². The van der Waals surface area contributed by atoms with Crippen LogP contribution < -0.4 is 15.1 Å². The Morgan fingerprint density at radius 3 is 2.48 bits per heavy atom. The van der Waals surface area contributed by atoms with Gasteiger partial charge in [-0.25, -0.2) is 0 Å². The van der Waals surface area contributed by atoms with E-state index in [2.05, 4.69) is 0 Å². The number of ether oxygens (including phenoxy) is 1. The average molecular weight is 539 g/mol. The van der Waals surface area contributed by atoms with Gasteiger partial charge in [-0.3, -0.25) is 24.1 Å². The molecule has 1 aliphatic heterocycles. The first-order valence-corrected chi connectivity index (χ1v) is 13.0. The molecule has 0 radical (unpaired) electrons. The Labute approximate surface area is 230 Å². The van der Waals surface area contributed by atoms with Gasteiger partial charge in [-0.15, -0.1) is 0 Å². The number of hydrogen-bond acceptors (Lipinski definition) is 8. The van der Waals surface area contributed by atoms with Crippen molar-refractivity contribution in [3.8, 4) is 11.5 Å². The summed E-state index contributed by atoms with van der Waals surface area (Å²) < 4.78 is 5.19. The van der Waals surface area contributed by atoms with E-state index in [0.29, 0.717) is 22.3 Å². The number of nitrogens with zero attached hydrogens (tertiary/aromatic N) is 1. The summed E-state index contributed by atoms with van der Waals surface area (Å²) in [5, 5.41) is 29.8. The predicted octanol–water partition coefficient (Wildman–Crippen LogP) is 1.71. The van der Waals surface area contributed by atoms with Gasteiger partial charge in [0.25, 0.3) is 0 Å². The van der Waals surface area contributed by atoms with Gasteiger partial charge in [0.1, 0.15) is 0 Å². The Balaban J connectivity index is 1.47. The fourth-order valence-electron chi connectivity index (χ4n) is 6.73. The van der Waals surface area contributed by atoms with Crippen molar-refractivity contribution in [1.82, 2.24) is 0 Å². The van der Waals surface area contributed by atoms with Crippen molar-refractivity contribution in [3.63, 3.8) is 0 Å². The summed E-state index contributed by atoms with van der Waals surface area (Å²) >= 11 is 0. The van der Waals surface area contributed by atoms with Crippen molar-refractivity contribution in [2.24, 2.45) is 17.8 Å². The third-order valence-electron chi connectivity index (χ3n) is 8.53. The van der Waals surface area contributed by atoms with Gasteiger partial charge in [-0.05, 0) is 67.1 Å². The van der Waals surface area contributed by atoms with Crippen molar-refractivity contribution in [3.05, 3.63) is 82.5 Å². The highest BCUT2D eigenvalue weighted by molar-refractivity contribution is 6.58. The number of benzene rings is 2. The molecule has 0 aromatic heterocycles. The number of anilines is 1. The molecule has 0 bridgehead atoms. The van der Waals surface area contributed by atoms with E-state index >= 15 is 0 Å². The monoisotopic (exact) mass is 539 g/mol. The van der Waals surface area contributed by atoms with E-state index in [-0.39, 0.29) is 47.1 Å². The van der Waals surface area contributed by atoms with Crippen LogP contribution in [0.15, 0.2) is 76.9 Å². The molecular formula is C30H26BNO8. The van der Waals surface area contributed by atoms with Gasteiger partial charge in [0, 0.05) is 22.6 Å². The Kier molecular flexibility index (Phi) is 6.12. The molecule has 9 nitrogen and oxygen atoms in total. The Morgan fingerprint density at radius 1 is 1.00 bits per heavy atom. The fourth-order valence-corrected chi connectivity index (χ4v) is 6.73. The lowest BCUT2D eigenvalue weighted by atomic mass is 9.59. The number of phenols is 1. The van der Waals surface area contributed by atoms with Crippen LogP contribution >= 0.6 is 0 Å². The standard InChI is InChI=1S/C30H26BNO8/c1-14-10-23(34)27-21(28(14)35)13-20-18(25(27)15-6-9-24(40-2)22(33)11-15)7-8-19-26(20)30(37)32(29(19)36)17-5-3-4-16(12-17)31(38)39/h3-7,9-12,19-20,25-26,33,38-39H,8,13H2,1-2H3/t19-,20+,25-,26-/m0/s1. The number of phenolic OH excluding ortho intramolecular Hbond substituents is 1. The van der Waals surface area contributed by atoms with Crippen LogP contribution in [-0.2, 0) is 19.2 Å². The van der Waals surface area contributed by atoms with E-state index in [4.69, 9.17) is 4.74 Å². The number of ketones is 2. The van der Waals surface area contributed by atoms with Crippen LogP contribution in [-0.4, -0.2) is 52.8 Å². The molecule has 4 aliphatic rings. The zero-order chi connectivity index (χ0) is 28.5. The van der Waals surface area contributed by atoms with Crippen molar-refractivity contribution < 1.29 is 39.1 Å². The second kappa shape index (κ2) is 9.43. The highest BCUT2D eigenvalue weighted by Crippen LogP contribution is 2.55.